The van der Waals surface area contributed by atoms with Crippen molar-refractivity contribution in [3.63, 3.8) is 0 Å². The van der Waals surface area contributed by atoms with Gasteiger partial charge in [0, 0.05) is 13.1 Å². The molecule has 0 aromatic heterocycles. The molecule has 0 bridgehead atoms. The fraction of sp³-hybridized carbons (Fsp3) is 0.929. The van der Waals surface area contributed by atoms with Gasteiger partial charge < -0.3 is 10.6 Å². The van der Waals surface area contributed by atoms with Crippen LogP contribution in [0.15, 0.2) is 0 Å². The van der Waals surface area contributed by atoms with Gasteiger partial charge in [-0.2, -0.15) is 0 Å². The highest BCUT2D eigenvalue weighted by atomic mass is 35.5. The summed E-state index contributed by atoms with van der Waals surface area (Å²) in [4.78, 5) is 12.5. The summed E-state index contributed by atoms with van der Waals surface area (Å²) in [5, 5.41) is 6.68. The first kappa shape index (κ1) is 14.1. The Labute approximate surface area is 116 Å². The summed E-state index contributed by atoms with van der Waals surface area (Å²) in [6.45, 7) is 5.11. The molecule has 3 rings (SSSR count). The third kappa shape index (κ3) is 2.39. The average molecular weight is 273 g/mol. The fourth-order valence-electron chi connectivity index (χ4n) is 3.55. The lowest BCUT2D eigenvalue weighted by molar-refractivity contribution is -0.134. The van der Waals surface area contributed by atoms with Crippen LogP contribution in [0, 0.1) is 16.7 Å². The summed E-state index contributed by atoms with van der Waals surface area (Å²) in [7, 11) is 0. The number of carbonyl (C=O) groups is 1. The zero-order chi connectivity index (χ0) is 11.9. The van der Waals surface area contributed by atoms with Crippen molar-refractivity contribution in [3.8, 4) is 0 Å². The number of rotatable bonds is 3. The maximum atomic E-state index is 12.5. The van der Waals surface area contributed by atoms with Gasteiger partial charge in [-0.3, -0.25) is 4.79 Å². The Morgan fingerprint density at radius 3 is 2.83 bits per heavy atom. The zero-order valence-corrected chi connectivity index (χ0v) is 12.1. The highest BCUT2D eigenvalue weighted by Gasteiger charge is 2.50. The van der Waals surface area contributed by atoms with Crippen LogP contribution >= 0.6 is 12.4 Å². The van der Waals surface area contributed by atoms with E-state index < -0.39 is 0 Å². The number of amides is 1. The van der Waals surface area contributed by atoms with E-state index in [1.54, 1.807) is 0 Å². The predicted octanol–water partition coefficient (Wildman–Crippen LogP) is 2.10. The molecule has 2 aliphatic carbocycles. The van der Waals surface area contributed by atoms with Crippen molar-refractivity contribution in [3.05, 3.63) is 0 Å². The maximum absolute atomic E-state index is 12.5. The number of fused-ring (bicyclic) bond motifs is 1. The third-order valence-corrected chi connectivity index (χ3v) is 5.27. The summed E-state index contributed by atoms with van der Waals surface area (Å²) < 4.78 is 0. The minimum absolute atomic E-state index is 0. The van der Waals surface area contributed by atoms with E-state index >= 15 is 0 Å². The van der Waals surface area contributed by atoms with Gasteiger partial charge in [-0.25, -0.2) is 0 Å². The molecule has 1 amide bonds. The Morgan fingerprint density at radius 2 is 2.11 bits per heavy atom. The number of carbonyl (C=O) groups excluding carboxylic acids is 1. The van der Waals surface area contributed by atoms with Gasteiger partial charge in [-0.15, -0.1) is 12.4 Å². The summed E-state index contributed by atoms with van der Waals surface area (Å²) in [5.74, 6) is 0.920. The first-order valence-electron chi connectivity index (χ1n) is 7.14. The van der Waals surface area contributed by atoms with Crippen molar-refractivity contribution >= 4 is 18.3 Å². The van der Waals surface area contributed by atoms with E-state index in [1.807, 2.05) is 0 Å². The van der Waals surface area contributed by atoms with Crippen LogP contribution in [0.5, 0.6) is 0 Å². The Balaban J connectivity index is 0.00000120. The number of hydrogen-bond donors (Lipinski definition) is 2. The van der Waals surface area contributed by atoms with Gasteiger partial charge >= 0.3 is 0 Å². The molecule has 4 heteroatoms. The van der Waals surface area contributed by atoms with Gasteiger partial charge in [-0.05, 0) is 43.6 Å². The van der Waals surface area contributed by atoms with E-state index in [9.17, 15) is 4.79 Å². The summed E-state index contributed by atoms with van der Waals surface area (Å²) in [5.41, 5.74) is 0.353. The number of halogens is 1. The Bertz CT molecular complexity index is 330. The van der Waals surface area contributed by atoms with E-state index in [4.69, 9.17) is 0 Å². The molecule has 104 valence electrons. The SMILES string of the molecule is CC1(CNC(=O)[C@@]23CCCC[C@H]2CNC3)CC1.Cl. The number of hydrogen-bond acceptors (Lipinski definition) is 2. The maximum Gasteiger partial charge on any atom is 0.227 e. The molecule has 0 unspecified atom stereocenters. The molecule has 2 saturated carbocycles. The summed E-state index contributed by atoms with van der Waals surface area (Å²) in [6, 6.07) is 0. The van der Waals surface area contributed by atoms with Crippen LogP contribution in [0.3, 0.4) is 0 Å². The van der Waals surface area contributed by atoms with Crippen molar-refractivity contribution in [2.45, 2.75) is 45.4 Å². The van der Waals surface area contributed by atoms with Crippen LogP contribution in [0.25, 0.3) is 0 Å². The molecule has 2 N–H and O–H groups in total. The van der Waals surface area contributed by atoms with E-state index in [0.29, 0.717) is 17.2 Å². The smallest absolute Gasteiger partial charge is 0.227 e. The molecule has 1 aliphatic heterocycles. The molecule has 2 atom stereocenters. The van der Waals surface area contributed by atoms with Crippen molar-refractivity contribution in [1.29, 1.82) is 0 Å². The monoisotopic (exact) mass is 272 g/mol. The van der Waals surface area contributed by atoms with Crippen LogP contribution in [0.2, 0.25) is 0 Å². The largest absolute Gasteiger partial charge is 0.355 e. The molecular formula is C14H25ClN2O. The van der Waals surface area contributed by atoms with Crippen LogP contribution in [-0.4, -0.2) is 25.5 Å². The molecule has 1 saturated heterocycles. The van der Waals surface area contributed by atoms with Crippen molar-refractivity contribution in [2.75, 3.05) is 19.6 Å². The van der Waals surface area contributed by atoms with Crippen molar-refractivity contribution in [2.24, 2.45) is 16.7 Å². The second-order valence-electron chi connectivity index (χ2n) is 6.72. The molecule has 0 spiro atoms. The minimum atomic E-state index is -0.0660. The van der Waals surface area contributed by atoms with Crippen LogP contribution in [0.1, 0.15) is 45.4 Å². The minimum Gasteiger partial charge on any atom is -0.355 e. The predicted molar refractivity (Wildman–Crippen MR) is 74.9 cm³/mol. The molecule has 0 aromatic rings. The molecule has 0 radical (unpaired) electrons. The topological polar surface area (TPSA) is 41.1 Å². The van der Waals surface area contributed by atoms with Gasteiger partial charge in [0.05, 0.1) is 5.41 Å². The second kappa shape index (κ2) is 5.01. The summed E-state index contributed by atoms with van der Waals surface area (Å²) in [6.07, 6.45) is 7.41. The normalized spacial score (nSPS) is 36.4. The van der Waals surface area contributed by atoms with Crippen LogP contribution in [-0.2, 0) is 4.79 Å². The number of nitrogens with one attached hydrogen (secondary N) is 2. The molecule has 18 heavy (non-hydrogen) atoms. The van der Waals surface area contributed by atoms with Gasteiger partial charge in [0.25, 0.3) is 0 Å². The lowest BCUT2D eigenvalue weighted by Gasteiger charge is -2.37. The first-order chi connectivity index (χ1) is 8.15. The molecule has 3 aliphatic rings. The molecular weight excluding hydrogens is 248 g/mol. The van der Waals surface area contributed by atoms with Crippen LogP contribution in [0.4, 0.5) is 0 Å². The highest BCUT2D eigenvalue weighted by molar-refractivity contribution is 5.85. The average Bonchev–Trinajstić information content (AvgIpc) is 2.92. The quantitative estimate of drug-likeness (QED) is 0.826. The van der Waals surface area contributed by atoms with Crippen molar-refractivity contribution in [1.82, 2.24) is 10.6 Å². The van der Waals surface area contributed by atoms with E-state index in [2.05, 4.69) is 17.6 Å². The third-order valence-electron chi connectivity index (χ3n) is 5.27. The summed E-state index contributed by atoms with van der Waals surface area (Å²) >= 11 is 0. The molecule has 3 nitrogen and oxygen atoms in total. The van der Waals surface area contributed by atoms with Crippen LogP contribution < -0.4 is 10.6 Å². The lowest BCUT2D eigenvalue weighted by atomic mass is 9.67. The molecule has 3 fully saturated rings. The fourth-order valence-corrected chi connectivity index (χ4v) is 3.55. The molecule has 0 aromatic carbocycles. The Hall–Kier alpha value is -0.280. The van der Waals surface area contributed by atoms with Gasteiger partial charge in [0.15, 0.2) is 0 Å². The van der Waals surface area contributed by atoms with E-state index in [-0.39, 0.29) is 17.8 Å². The molecule has 1 heterocycles. The zero-order valence-electron chi connectivity index (χ0n) is 11.3. The Morgan fingerprint density at radius 1 is 1.33 bits per heavy atom. The Kier molecular flexibility index (Phi) is 3.93. The van der Waals surface area contributed by atoms with Gasteiger partial charge in [0.1, 0.15) is 0 Å². The second-order valence-corrected chi connectivity index (χ2v) is 6.72. The first-order valence-corrected chi connectivity index (χ1v) is 7.14. The van der Waals surface area contributed by atoms with Gasteiger partial charge in [-0.1, -0.05) is 19.8 Å². The van der Waals surface area contributed by atoms with E-state index in [0.717, 1.165) is 26.1 Å². The highest BCUT2D eigenvalue weighted by Crippen LogP contribution is 2.46. The van der Waals surface area contributed by atoms with E-state index in [1.165, 1.54) is 32.1 Å². The standard InChI is InChI=1S/C14H24N2O.ClH/c1-13(6-7-13)9-16-12(17)14-5-3-2-4-11(14)8-15-10-14;/h11,15H,2-10H2,1H3,(H,16,17);1H/t11-,14+;/m0./s1. The lowest BCUT2D eigenvalue weighted by Crippen LogP contribution is -2.48. The van der Waals surface area contributed by atoms with Crippen molar-refractivity contribution < 1.29 is 4.79 Å². The van der Waals surface area contributed by atoms with Gasteiger partial charge in [0.2, 0.25) is 5.91 Å².